The van der Waals surface area contributed by atoms with Crippen LogP contribution in [0.15, 0.2) is 0 Å². The highest BCUT2D eigenvalue weighted by atomic mass is 32.2. The zero-order chi connectivity index (χ0) is 15.0. The molecule has 2 aliphatic heterocycles. The maximum absolute atomic E-state index is 12.5. The molecular weight excluding hydrogens is 292 g/mol. The van der Waals surface area contributed by atoms with E-state index < -0.39 is 15.9 Å². The number of rotatable bonds is 3. The van der Waals surface area contributed by atoms with Crippen LogP contribution in [0, 0.1) is 0 Å². The number of amides is 2. The first kappa shape index (κ1) is 15.0. The van der Waals surface area contributed by atoms with Gasteiger partial charge in [0.05, 0.1) is 24.0 Å². The summed E-state index contributed by atoms with van der Waals surface area (Å²) in [6.07, 6.45) is 5.83. The molecule has 0 spiro atoms. The summed E-state index contributed by atoms with van der Waals surface area (Å²) in [4.78, 5) is 26.0. The molecule has 7 heteroatoms. The van der Waals surface area contributed by atoms with Gasteiger partial charge in [-0.1, -0.05) is 19.3 Å². The van der Waals surface area contributed by atoms with Crippen LogP contribution in [0.25, 0.3) is 0 Å². The molecule has 0 radical (unpaired) electrons. The van der Waals surface area contributed by atoms with Crippen molar-refractivity contribution in [3.05, 3.63) is 0 Å². The highest BCUT2D eigenvalue weighted by Crippen LogP contribution is 2.27. The van der Waals surface area contributed by atoms with Crippen LogP contribution in [0.5, 0.6) is 0 Å². The third-order valence-corrected chi connectivity index (χ3v) is 6.56. The first-order valence-corrected chi connectivity index (χ1v) is 9.61. The lowest BCUT2D eigenvalue weighted by Gasteiger charge is -2.30. The summed E-state index contributed by atoms with van der Waals surface area (Å²) in [5, 5.41) is 3.09. The first-order chi connectivity index (χ1) is 9.96. The monoisotopic (exact) mass is 314 g/mol. The predicted octanol–water partition coefficient (Wildman–Crippen LogP) is 0.223. The molecule has 2 amide bonds. The number of nitrogens with zero attached hydrogens (tertiary/aromatic N) is 1. The van der Waals surface area contributed by atoms with Gasteiger partial charge in [0.2, 0.25) is 11.8 Å². The van der Waals surface area contributed by atoms with Gasteiger partial charge in [-0.2, -0.15) is 0 Å². The van der Waals surface area contributed by atoms with E-state index in [1.807, 2.05) is 0 Å². The van der Waals surface area contributed by atoms with Crippen molar-refractivity contribution < 1.29 is 18.0 Å². The van der Waals surface area contributed by atoms with Gasteiger partial charge in [-0.15, -0.1) is 0 Å². The number of hydrogen-bond acceptors (Lipinski definition) is 5. The van der Waals surface area contributed by atoms with Crippen LogP contribution >= 0.6 is 0 Å². The summed E-state index contributed by atoms with van der Waals surface area (Å²) in [5.74, 6) is -0.0123. The van der Waals surface area contributed by atoms with Gasteiger partial charge >= 0.3 is 0 Å². The minimum absolute atomic E-state index is 0.0536. The molecule has 2 unspecified atom stereocenters. The molecule has 3 aliphatic rings. The Morgan fingerprint density at radius 3 is 2.38 bits per heavy atom. The first-order valence-electron chi connectivity index (χ1n) is 7.79. The summed E-state index contributed by atoms with van der Waals surface area (Å²) in [5.41, 5.74) is 0. The van der Waals surface area contributed by atoms with E-state index in [0.29, 0.717) is 6.42 Å². The molecule has 1 saturated carbocycles. The van der Waals surface area contributed by atoms with E-state index in [1.165, 1.54) is 11.3 Å². The number of likely N-dealkylation sites (tertiary alicyclic amines) is 1. The minimum Gasteiger partial charge on any atom is -0.302 e. The van der Waals surface area contributed by atoms with E-state index in [-0.39, 0.29) is 41.8 Å². The molecule has 1 aliphatic carbocycles. The molecule has 0 aromatic rings. The average molecular weight is 314 g/mol. The van der Waals surface area contributed by atoms with Crippen LogP contribution in [0.3, 0.4) is 0 Å². The Morgan fingerprint density at radius 2 is 1.76 bits per heavy atom. The number of imide groups is 1. The summed E-state index contributed by atoms with van der Waals surface area (Å²) >= 11 is 0. The summed E-state index contributed by atoms with van der Waals surface area (Å²) in [7, 11) is -2.97. The highest BCUT2D eigenvalue weighted by molar-refractivity contribution is 7.91. The maximum atomic E-state index is 12.5. The second-order valence-electron chi connectivity index (χ2n) is 6.42. The Bertz CT molecular complexity index is 539. The molecule has 2 saturated heterocycles. The van der Waals surface area contributed by atoms with Crippen molar-refractivity contribution in [1.82, 2.24) is 10.2 Å². The molecule has 3 fully saturated rings. The number of sulfone groups is 1. The van der Waals surface area contributed by atoms with Crippen molar-refractivity contribution in [1.29, 1.82) is 0 Å². The number of carbonyl (C=O) groups is 2. The van der Waals surface area contributed by atoms with Gasteiger partial charge in [-0.3, -0.25) is 14.5 Å². The lowest BCUT2D eigenvalue weighted by molar-refractivity contribution is -0.142. The average Bonchev–Trinajstić information content (AvgIpc) is 2.91. The number of carbonyl (C=O) groups excluding carboxylic acids is 2. The lowest BCUT2D eigenvalue weighted by atomic mass is 9.94. The maximum Gasteiger partial charge on any atom is 0.247 e. The molecule has 0 aromatic heterocycles. The number of hydrogen-bond donors (Lipinski definition) is 1. The SMILES string of the molecule is O=C1CC(NC2CCS(=O)(=O)C2)C(=O)N1C1CCCCC1. The van der Waals surface area contributed by atoms with Crippen molar-refractivity contribution in [3.8, 4) is 0 Å². The van der Waals surface area contributed by atoms with Crippen LogP contribution in [-0.2, 0) is 19.4 Å². The molecule has 6 nitrogen and oxygen atoms in total. The molecule has 118 valence electrons. The Kier molecular flexibility index (Phi) is 4.05. The van der Waals surface area contributed by atoms with Crippen LogP contribution in [0.1, 0.15) is 44.9 Å². The van der Waals surface area contributed by atoms with Gasteiger partial charge < -0.3 is 5.32 Å². The Balaban J connectivity index is 1.63. The highest BCUT2D eigenvalue weighted by Gasteiger charge is 2.44. The molecule has 0 bridgehead atoms. The third-order valence-electron chi connectivity index (χ3n) is 4.79. The standard InChI is InChI=1S/C14H22N2O4S/c17-13-8-12(15-10-6-7-21(19,20)9-10)14(18)16(13)11-4-2-1-3-5-11/h10-12,15H,1-9H2. The van der Waals surface area contributed by atoms with Gasteiger partial charge in [0.25, 0.3) is 0 Å². The fourth-order valence-corrected chi connectivity index (χ4v) is 5.40. The van der Waals surface area contributed by atoms with Crippen molar-refractivity contribution in [3.63, 3.8) is 0 Å². The Hall–Kier alpha value is -0.950. The minimum atomic E-state index is -2.97. The largest absolute Gasteiger partial charge is 0.302 e. The van der Waals surface area contributed by atoms with E-state index in [9.17, 15) is 18.0 Å². The van der Waals surface area contributed by atoms with Crippen molar-refractivity contribution in [2.75, 3.05) is 11.5 Å². The summed E-state index contributed by atoms with van der Waals surface area (Å²) < 4.78 is 22.9. The predicted molar refractivity (Wildman–Crippen MR) is 77.3 cm³/mol. The van der Waals surface area contributed by atoms with Crippen molar-refractivity contribution >= 4 is 21.7 Å². The van der Waals surface area contributed by atoms with Crippen molar-refractivity contribution in [2.45, 2.75) is 63.1 Å². The van der Waals surface area contributed by atoms with Crippen LogP contribution in [0.4, 0.5) is 0 Å². The molecule has 21 heavy (non-hydrogen) atoms. The number of nitrogens with one attached hydrogen (secondary N) is 1. The Labute approximate surface area is 125 Å². The second kappa shape index (κ2) is 5.68. The zero-order valence-electron chi connectivity index (χ0n) is 12.1. The fourth-order valence-electron chi connectivity index (χ4n) is 3.72. The Morgan fingerprint density at radius 1 is 1.05 bits per heavy atom. The fraction of sp³-hybridized carbons (Fsp3) is 0.857. The second-order valence-corrected chi connectivity index (χ2v) is 8.65. The molecular formula is C14H22N2O4S. The van der Waals surface area contributed by atoms with Gasteiger partial charge in [0.15, 0.2) is 9.84 Å². The van der Waals surface area contributed by atoms with E-state index in [1.54, 1.807) is 0 Å². The van der Waals surface area contributed by atoms with E-state index in [2.05, 4.69) is 5.32 Å². The van der Waals surface area contributed by atoms with Crippen LogP contribution < -0.4 is 5.32 Å². The lowest BCUT2D eigenvalue weighted by Crippen LogP contribution is -2.47. The van der Waals surface area contributed by atoms with Gasteiger partial charge in [-0.05, 0) is 19.3 Å². The summed E-state index contributed by atoms with van der Waals surface area (Å²) in [6.45, 7) is 0. The van der Waals surface area contributed by atoms with E-state index in [0.717, 1.165) is 25.7 Å². The molecule has 2 heterocycles. The van der Waals surface area contributed by atoms with Gasteiger partial charge in [0, 0.05) is 12.1 Å². The summed E-state index contributed by atoms with van der Waals surface area (Å²) in [6, 6.07) is -0.668. The molecule has 1 N–H and O–H groups in total. The van der Waals surface area contributed by atoms with Crippen LogP contribution in [-0.4, -0.2) is 54.8 Å². The molecule has 3 rings (SSSR count). The van der Waals surface area contributed by atoms with E-state index in [4.69, 9.17) is 0 Å². The van der Waals surface area contributed by atoms with Gasteiger partial charge in [0.1, 0.15) is 0 Å². The molecule has 2 atom stereocenters. The quantitative estimate of drug-likeness (QED) is 0.754. The van der Waals surface area contributed by atoms with Gasteiger partial charge in [-0.25, -0.2) is 8.42 Å². The van der Waals surface area contributed by atoms with Crippen LogP contribution in [0.2, 0.25) is 0 Å². The zero-order valence-corrected chi connectivity index (χ0v) is 12.9. The molecule has 0 aromatic carbocycles. The van der Waals surface area contributed by atoms with Crippen molar-refractivity contribution in [2.24, 2.45) is 0 Å². The third kappa shape index (κ3) is 3.13. The van der Waals surface area contributed by atoms with E-state index >= 15 is 0 Å². The topological polar surface area (TPSA) is 83.5 Å². The normalized spacial score (nSPS) is 33.8. The smallest absolute Gasteiger partial charge is 0.247 e.